The van der Waals surface area contributed by atoms with Crippen molar-refractivity contribution >= 4 is 45.3 Å². The lowest BCUT2D eigenvalue weighted by molar-refractivity contribution is -0.137. The van der Waals surface area contributed by atoms with Gasteiger partial charge in [0.25, 0.3) is 0 Å². The molecule has 0 atom stereocenters. The van der Waals surface area contributed by atoms with Gasteiger partial charge in [0.05, 0.1) is 49.2 Å². The monoisotopic (exact) mass is 599 g/mol. The Morgan fingerprint density at radius 2 is 1.66 bits per heavy atom. The summed E-state index contributed by atoms with van der Waals surface area (Å²) in [6.07, 6.45) is -2.78. The number of halogens is 3. The Balaban J connectivity index is 1.18. The summed E-state index contributed by atoms with van der Waals surface area (Å²) in [4.78, 5) is 24.3. The lowest BCUT2D eigenvalue weighted by Crippen LogP contribution is -2.36. The second kappa shape index (κ2) is 11.5. The van der Waals surface area contributed by atoms with Gasteiger partial charge in [0, 0.05) is 24.5 Å². The second-order valence-corrected chi connectivity index (χ2v) is 10.5. The molecule has 1 aliphatic rings. The van der Waals surface area contributed by atoms with E-state index >= 15 is 0 Å². The fourth-order valence-corrected chi connectivity index (χ4v) is 5.20. The molecule has 7 rings (SSSR count). The molecule has 4 heterocycles. The van der Waals surface area contributed by atoms with E-state index in [0.29, 0.717) is 48.3 Å². The molecule has 0 aliphatic carbocycles. The molecule has 3 aromatic heterocycles. The molecule has 0 saturated carbocycles. The van der Waals surface area contributed by atoms with Gasteiger partial charge in [0.1, 0.15) is 5.82 Å². The van der Waals surface area contributed by atoms with Crippen molar-refractivity contribution in [2.75, 3.05) is 41.8 Å². The molecule has 13 heteroatoms. The van der Waals surface area contributed by atoms with Gasteiger partial charge in [-0.15, -0.1) is 0 Å². The number of anilines is 4. The molecule has 0 unspecified atom stereocenters. The first-order valence-electron chi connectivity index (χ1n) is 14.2. The number of H-pyrrole nitrogens is 1. The molecule has 3 N–H and O–H groups in total. The number of hydrogen-bond donors (Lipinski definition) is 3. The van der Waals surface area contributed by atoms with Gasteiger partial charge >= 0.3 is 6.18 Å². The van der Waals surface area contributed by atoms with Gasteiger partial charge in [0.15, 0.2) is 17.0 Å². The number of rotatable bonds is 8. The topological polar surface area (TPSA) is 109 Å². The van der Waals surface area contributed by atoms with E-state index < -0.39 is 11.7 Å². The number of nitrogens with zero attached hydrogens (tertiary/aromatic N) is 6. The average molecular weight is 600 g/mol. The number of benzene rings is 3. The fraction of sp³-hybridized carbons (Fsp3) is 0.226. The Morgan fingerprint density at radius 3 is 2.41 bits per heavy atom. The normalized spacial score (nSPS) is 13.9. The number of alkyl halides is 3. The predicted molar refractivity (Wildman–Crippen MR) is 162 cm³/mol. The summed E-state index contributed by atoms with van der Waals surface area (Å²) in [6, 6.07) is 20.9. The minimum atomic E-state index is -4.39. The number of ether oxygens (including phenoxy) is 1. The Kier molecular flexibility index (Phi) is 7.22. The standard InChI is InChI=1S/C31H28F3N9O/c32-31(33,34)21-7-5-20(6-8-21)18-43-19-36-27-28(35-17-26-38-24-3-1-2-4-25(24)39-26)40-30(41-29(27)43)37-22-9-11-23(12-10-22)42-13-15-44-16-14-42/h1-12,19H,13-18H2,(H,38,39)(H2,35,37,40,41). The number of aromatic amines is 1. The lowest BCUT2D eigenvalue weighted by atomic mass is 10.1. The number of fused-ring (bicyclic) bond motifs is 2. The number of nitrogens with one attached hydrogen (secondary N) is 3. The van der Waals surface area contributed by atoms with Crippen molar-refractivity contribution in [3.63, 3.8) is 0 Å². The maximum absolute atomic E-state index is 13.1. The Bertz CT molecular complexity index is 1860. The summed E-state index contributed by atoms with van der Waals surface area (Å²) in [5, 5.41) is 6.64. The van der Waals surface area contributed by atoms with Crippen LogP contribution in [0.2, 0.25) is 0 Å². The van der Waals surface area contributed by atoms with Gasteiger partial charge in [-0.1, -0.05) is 24.3 Å². The quantitative estimate of drug-likeness (QED) is 0.197. The third kappa shape index (κ3) is 5.86. The van der Waals surface area contributed by atoms with E-state index in [9.17, 15) is 13.2 Å². The van der Waals surface area contributed by atoms with Crippen LogP contribution in [0, 0.1) is 0 Å². The maximum atomic E-state index is 13.1. The smallest absolute Gasteiger partial charge is 0.378 e. The van der Waals surface area contributed by atoms with Crippen LogP contribution in [0.15, 0.2) is 79.1 Å². The third-order valence-electron chi connectivity index (χ3n) is 7.46. The van der Waals surface area contributed by atoms with E-state index in [2.05, 4.69) is 30.5 Å². The van der Waals surface area contributed by atoms with Crippen molar-refractivity contribution in [3.05, 3.63) is 96.1 Å². The van der Waals surface area contributed by atoms with E-state index in [1.165, 1.54) is 12.1 Å². The summed E-state index contributed by atoms with van der Waals surface area (Å²) >= 11 is 0. The van der Waals surface area contributed by atoms with E-state index in [1.807, 2.05) is 48.5 Å². The Hall–Kier alpha value is -5.17. The first-order chi connectivity index (χ1) is 21.4. The van der Waals surface area contributed by atoms with Crippen LogP contribution in [0.1, 0.15) is 17.0 Å². The highest BCUT2D eigenvalue weighted by Crippen LogP contribution is 2.30. The van der Waals surface area contributed by atoms with Crippen molar-refractivity contribution < 1.29 is 17.9 Å². The molecule has 44 heavy (non-hydrogen) atoms. The summed E-state index contributed by atoms with van der Waals surface area (Å²) in [7, 11) is 0. The van der Waals surface area contributed by atoms with E-state index in [1.54, 1.807) is 10.9 Å². The number of aromatic nitrogens is 6. The van der Waals surface area contributed by atoms with Crippen LogP contribution in [-0.4, -0.2) is 55.8 Å². The van der Waals surface area contributed by atoms with Crippen LogP contribution in [0.5, 0.6) is 0 Å². The van der Waals surface area contributed by atoms with E-state index in [-0.39, 0.29) is 6.54 Å². The molecular formula is C31H28F3N9O. The van der Waals surface area contributed by atoms with Gasteiger partial charge < -0.3 is 29.8 Å². The fourth-order valence-electron chi connectivity index (χ4n) is 5.20. The molecule has 1 saturated heterocycles. The van der Waals surface area contributed by atoms with Crippen LogP contribution in [-0.2, 0) is 24.0 Å². The number of imidazole rings is 2. The number of hydrogen-bond acceptors (Lipinski definition) is 8. The van der Waals surface area contributed by atoms with Crippen LogP contribution in [0.3, 0.4) is 0 Å². The van der Waals surface area contributed by atoms with Crippen LogP contribution < -0.4 is 15.5 Å². The highest BCUT2D eigenvalue weighted by Gasteiger charge is 2.30. The molecule has 0 bridgehead atoms. The van der Waals surface area contributed by atoms with E-state index in [0.717, 1.165) is 53.5 Å². The van der Waals surface area contributed by atoms with Crippen molar-refractivity contribution in [2.24, 2.45) is 0 Å². The molecular weight excluding hydrogens is 571 g/mol. The van der Waals surface area contributed by atoms with Crippen molar-refractivity contribution in [1.82, 2.24) is 29.5 Å². The zero-order valence-electron chi connectivity index (χ0n) is 23.5. The van der Waals surface area contributed by atoms with Gasteiger partial charge in [-0.3, -0.25) is 0 Å². The highest BCUT2D eigenvalue weighted by molar-refractivity contribution is 5.85. The third-order valence-corrected chi connectivity index (χ3v) is 7.46. The number of para-hydroxylation sites is 2. The van der Waals surface area contributed by atoms with Crippen LogP contribution in [0.4, 0.5) is 36.3 Å². The summed E-state index contributed by atoms with van der Waals surface area (Å²) < 4.78 is 46.5. The number of morpholine rings is 1. The molecule has 1 aliphatic heterocycles. The lowest BCUT2D eigenvalue weighted by Gasteiger charge is -2.28. The van der Waals surface area contributed by atoms with E-state index in [4.69, 9.17) is 14.7 Å². The summed E-state index contributed by atoms with van der Waals surface area (Å²) in [6.45, 7) is 3.74. The summed E-state index contributed by atoms with van der Waals surface area (Å²) in [5.41, 5.74) is 4.75. The molecule has 6 aromatic rings. The Labute approximate surface area is 249 Å². The van der Waals surface area contributed by atoms with Gasteiger partial charge in [-0.2, -0.15) is 23.1 Å². The summed E-state index contributed by atoms with van der Waals surface area (Å²) in [5.74, 6) is 1.57. The SMILES string of the molecule is FC(F)(F)c1ccc(Cn2cnc3c(NCc4nc5ccccc5[nH]4)nc(Nc4ccc(N5CCOCC5)cc4)nc32)cc1. The predicted octanol–water partition coefficient (Wildman–Crippen LogP) is 5.96. The van der Waals surface area contributed by atoms with Gasteiger partial charge in [-0.25, -0.2) is 9.97 Å². The second-order valence-electron chi connectivity index (χ2n) is 10.5. The molecule has 0 radical (unpaired) electrons. The molecule has 3 aromatic carbocycles. The van der Waals surface area contributed by atoms with Crippen molar-refractivity contribution in [1.29, 1.82) is 0 Å². The largest absolute Gasteiger partial charge is 0.416 e. The molecule has 1 fully saturated rings. The minimum Gasteiger partial charge on any atom is -0.378 e. The molecule has 10 nitrogen and oxygen atoms in total. The maximum Gasteiger partial charge on any atom is 0.416 e. The zero-order valence-corrected chi connectivity index (χ0v) is 23.5. The van der Waals surface area contributed by atoms with Crippen LogP contribution >= 0.6 is 0 Å². The van der Waals surface area contributed by atoms with Crippen molar-refractivity contribution in [3.8, 4) is 0 Å². The average Bonchev–Trinajstić information content (AvgIpc) is 3.64. The van der Waals surface area contributed by atoms with Gasteiger partial charge in [0.2, 0.25) is 5.95 Å². The highest BCUT2D eigenvalue weighted by atomic mass is 19.4. The first-order valence-corrected chi connectivity index (χ1v) is 14.2. The van der Waals surface area contributed by atoms with Gasteiger partial charge in [-0.05, 0) is 54.1 Å². The van der Waals surface area contributed by atoms with Crippen LogP contribution in [0.25, 0.3) is 22.2 Å². The minimum absolute atomic E-state index is 0.280. The molecule has 0 spiro atoms. The Morgan fingerprint density at radius 1 is 0.886 bits per heavy atom. The zero-order chi connectivity index (χ0) is 30.1. The molecule has 224 valence electrons. The first kappa shape index (κ1) is 27.7. The molecule has 0 amide bonds. The van der Waals surface area contributed by atoms with Crippen molar-refractivity contribution in [2.45, 2.75) is 19.3 Å².